The van der Waals surface area contributed by atoms with Crippen LogP contribution in [-0.2, 0) is 6.42 Å². The van der Waals surface area contributed by atoms with Gasteiger partial charge in [0.2, 0.25) is 0 Å². The summed E-state index contributed by atoms with van der Waals surface area (Å²) in [4.78, 5) is 0. The molecule has 1 aromatic carbocycles. The van der Waals surface area contributed by atoms with Gasteiger partial charge in [-0.25, -0.2) is 4.39 Å². The molecule has 2 rings (SSSR count). The van der Waals surface area contributed by atoms with Gasteiger partial charge in [-0.3, -0.25) is 0 Å². The maximum Gasteiger partial charge on any atom is 0.123 e. The summed E-state index contributed by atoms with van der Waals surface area (Å²) in [7, 11) is 0. The Balaban J connectivity index is 1.77. The minimum absolute atomic E-state index is 0.189. The Morgan fingerprint density at radius 3 is 2.47 bits per heavy atom. The van der Waals surface area contributed by atoms with E-state index in [-0.39, 0.29) is 5.82 Å². The van der Waals surface area contributed by atoms with Gasteiger partial charge >= 0.3 is 0 Å². The van der Waals surface area contributed by atoms with Gasteiger partial charge in [0.1, 0.15) is 5.82 Å². The highest BCUT2D eigenvalue weighted by atomic mass is 19.1. The van der Waals surface area contributed by atoms with Crippen LogP contribution in [0.5, 0.6) is 0 Å². The van der Waals surface area contributed by atoms with E-state index in [0.717, 1.165) is 50.8 Å². The van der Waals surface area contributed by atoms with Crippen molar-refractivity contribution in [3.05, 3.63) is 35.6 Å². The van der Waals surface area contributed by atoms with Crippen LogP contribution in [0.2, 0.25) is 0 Å². The standard InChI is InChI=1S/C14H20FNO/c15-13-5-3-12(4-6-13)2-1-7-14(17)8-10-16-11-9-14/h3-6,16-17H,1-2,7-11H2. The lowest BCUT2D eigenvalue weighted by molar-refractivity contribution is 0.000920. The Morgan fingerprint density at radius 1 is 1.18 bits per heavy atom. The first-order chi connectivity index (χ1) is 8.18. The van der Waals surface area contributed by atoms with Crippen molar-refractivity contribution in [3.8, 4) is 0 Å². The molecule has 0 unspecified atom stereocenters. The van der Waals surface area contributed by atoms with E-state index in [9.17, 15) is 9.50 Å². The molecule has 1 aliphatic heterocycles. The van der Waals surface area contributed by atoms with Gasteiger partial charge in [-0.2, -0.15) is 0 Å². The molecule has 0 spiro atoms. The highest BCUT2D eigenvalue weighted by Crippen LogP contribution is 2.24. The average Bonchev–Trinajstić information content (AvgIpc) is 2.32. The van der Waals surface area contributed by atoms with Crippen molar-refractivity contribution in [3.63, 3.8) is 0 Å². The predicted octanol–water partition coefficient (Wildman–Crippen LogP) is 2.26. The van der Waals surface area contributed by atoms with Crippen LogP contribution in [-0.4, -0.2) is 23.8 Å². The summed E-state index contributed by atoms with van der Waals surface area (Å²) in [5, 5.41) is 13.5. The lowest BCUT2D eigenvalue weighted by atomic mass is 9.87. The molecule has 17 heavy (non-hydrogen) atoms. The lowest BCUT2D eigenvalue weighted by Gasteiger charge is -2.32. The summed E-state index contributed by atoms with van der Waals surface area (Å²) in [6, 6.07) is 6.63. The zero-order chi connectivity index (χ0) is 12.1. The van der Waals surface area contributed by atoms with Crippen molar-refractivity contribution in [2.45, 2.75) is 37.7 Å². The summed E-state index contributed by atoms with van der Waals surface area (Å²) >= 11 is 0. The molecule has 1 aromatic rings. The summed E-state index contributed by atoms with van der Waals surface area (Å²) in [5.41, 5.74) is 0.662. The highest BCUT2D eigenvalue weighted by Gasteiger charge is 2.27. The SMILES string of the molecule is OC1(CCCc2ccc(F)cc2)CCNCC1. The van der Waals surface area contributed by atoms with E-state index in [1.165, 1.54) is 12.1 Å². The zero-order valence-corrected chi connectivity index (χ0v) is 10.1. The topological polar surface area (TPSA) is 32.3 Å². The molecule has 2 nitrogen and oxygen atoms in total. The monoisotopic (exact) mass is 237 g/mol. The Bertz CT molecular complexity index is 344. The fourth-order valence-electron chi connectivity index (χ4n) is 2.41. The second-order valence-electron chi connectivity index (χ2n) is 4.95. The van der Waals surface area contributed by atoms with Crippen LogP contribution in [0.15, 0.2) is 24.3 Å². The van der Waals surface area contributed by atoms with Crippen molar-refractivity contribution in [2.75, 3.05) is 13.1 Å². The van der Waals surface area contributed by atoms with E-state index in [4.69, 9.17) is 0 Å². The molecule has 0 bridgehead atoms. The van der Waals surface area contributed by atoms with Crippen LogP contribution < -0.4 is 5.32 Å². The fourth-order valence-corrected chi connectivity index (χ4v) is 2.41. The molecule has 0 aliphatic carbocycles. The maximum absolute atomic E-state index is 12.7. The molecule has 94 valence electrons. The number of hydrogen-bond donors (Lipinski definition) is 2. The third kappa shape index (κ3) is 3.79. The van der Waals surface area contributed by atoms with Gasteiger partial charge in [-0.15, -0.1) is 0 Å². The number of piperidine rings is 1. The Morgan fingerprint density at radius 2 is 1.82 bits per heavy atom. The highest BCUT2D eigenvalue weighted by molar-refractivity contribution is 5.16. The van der Waals surface area contributed by atoms with Crippen molar-refractivity contribution in [2.24, 2.45) is 0 Å². The van der Waals surface area contributed by atoms with E-state index in [2.05, 4.69) is 5.32 Å². The molecule has 3 heteroatoms. The first kappa shape index (κ1) is 12.5. The number of nitrogens with one attached hydrogen (secondary N) is 1. The van der Waals surface area contributed by atoms with Crippen molar-refractivity contribution < 1.29 is 9.50 Å². The van der Waals surface area contributed by atoms with Crippen LogP contribution in [0, 0.1) is 5.82 Å². The van der Waals surface area contributed by atoms with Gasteiger partial charge in [-0.1, -0.05) is 12.1 Å². The number of benzene rings is 1. The Labute approximate surface area is 102 Å². The van der Waals surface area contributed by atoms with Crippen molar-refractivity contribution in [1.82, 2.24) is 5.32 Å². The number of aliphatic hydroxyl groups is 1. The second kappa shape index (κ2) is 5.61. The number of hydrogen-bond acceptors (Lipinski definition) is 2. The second-order valence-corrected chi connectivity index (χ2v) is 4.95. The molecule has 0 atom stereocenters. The summed E-state index contributed by atoms with van der Waals surface area (Å²) < 4.78 is 12.7. The van der Waals surface area contributed by atoms with Gasteiger partial charge in [0, 0.05) is 0 Å². The smallest absolute Gasteiger partial charge is 0.123 e. The third-order valence-electron chi connectivity index (χ3n) is 3.56. The fraction of sp³-hybridized carbons (Fsp3) is 0.571. The van der Waals surface area contributed by atoms with Gasteiger partial charge < -0.3 is 10.4 Å². The van der Waals surface area contributed by atoms with E-state index >= 15 is 0 Å². The predicted molar refractivity (Wildman–Crippen MR) is 66.4 cm³/mol. The first-order valence-electron chi connectivity index (χ1n) is 6.36. The van der Waals surface area contributed by atoms with E-state index < -0.39 is 5.60 Å². The van der Waals surface area contributed by atoms with Gasteiger partial charge in [0.15, 0.2) is 0 Å². The molecule has 0 amide bonds. The molecule has 1 aliphatic rings. The lowest BCUT2D eigenvalue weighted by Crippen LogP contribution is -2.41. The minimum Gasteiger partial charge on any atom is -0.390 e. The molecule has 1 fully saturated rings. The summed E-state index contributed by atoms with van der Waals surface area (Å²) in [6.07, 6.45) is 4.40. The van der Waals surface area contributed by atoms with Crippen LogP contribution in [0.3, 0.4) is 0 Å². The molecule has 1 saturated heterocycles. The molecule has 0 radical (unpaired) electrons. The van der Waals surface area contributed by atoms with E-state index in [1.54, 1.807) is 0 Å². The molecule has 0 aromatic heterocycles. The third-order valence-corrected chi connectivity index (χ3v) is 3.56. The molecule has 0 saturated carbocycles. The summed E-state index contributed by atoms with van der Waals surface area (Å²) in [6.45, 7) is 1.82. The van der Waals surface area contributed by atoms with Gasteiger partial charge in [-0.05, 0) is 62.9 Å². The largest absolute Gasteiger partial charge is 0.390 e. The zero-order valence-electron chi connectivity index (χ0n) is 10.1. The molecule has 1 heterocycles. The van der Waals surface area contributed by atoms with Crippen molar-refractivity contribution in [1.29, 1.82) is 0 Å². The molecular formula is C14H20FNO. The van der Waals surface area contributed by atoms with Crippen LogP contribution in [0.25, 0.3) is 0 Å². The van der Waals surface area contributed by atoms with Gasteiger partial charge in [0.25, 0.3) is 0 Å². The number of halogens is 1. The summed E-state index contributed by atoms with van der Waals surface area (Å²) in [5.74, 6) is -0.189. The quantitative estimate of drug-likeness (QED) is 0.842. The normalized spacial score (nSPS) is 19.2. The maximum atomic E-state index is 12.7. The molecule has 2 N–H and O–H groups in total. The first-order valence-corrected chi connectivity index (χ1v) is 6.36. The van der Waals surface area contributed by atoms with Gasteiger partial charge in [0.05, 0.1) is 5.60 Å². The minimum atomic E-state index is -0.481. The van der Waals surface area contributed by atoms with Crippen LogP contribution >= 0.6 is 0 Å². The Kier molecular flexibility index (Phi) is 4.13. The Hall–Kier alpha value is -0.930. The van der Waals surface area contributed by atoms with Crippen LogP contribution in [0.4, 0.5) is 4.39 Å². The molecular weight excluding hydrogens is 217 g/mol. The van der Waals surface area contributed by atoms with Crippen molar-refractivity contribution >= 4 is 0 Å². The number of rotatable bonds is 4. The van der Waals surface area contributed by atoms with E-state index in [0.29, 0.717) is 0 Å². The number of aryl methyl sites for hydroxylation is 1. The van der Waals surface area contributed by atoms with Crippen LogP contribution in [0.1, 0.15) is 31.2 Å². The average molecular weight is 237 g/mol. The van der Waals surface area contributed by atoms with E-state index in [1.807, 2.05) is 12.1 Å².